The third-order valence-corrected chi connectivity index (χ3v) is 3.42. The Morgan fingerprint density at radius 1 is 1.00 bits per heavy atom. The van der Waals surface area contributed by atoms with E-state index in [0.717, 1.165) is 19.0 Å². The number of methoxy groups -OCH3 is 1. The van der Waals surface area contributed by atoms with Crippen LogP contribution in [0.2, 0.25) is 0 Å². The molecule has 4 nitrogen and oxygen atoms in total. The first-order valence-corrected chi connectivity index (χ1v) is 8.39. The minimum absolute atomic E-state index is 0. The molecule has 0 heterocycles. The molecule has 0 aromatic heterocycles. The molecule has 1 rings (SSSR count). The zero-order valence-corrected chi connectivity index (χ0v) is 17.1. The van der Waals surface area contributed by atoms with Crippen LogP contribution in [0, 0.1) is 0 Å². The molecule has 0 unspecified atom stereocenters. The second kappa shape index (κ2) is 14.8. The third kappa shape index (κ3) is 10.5. The number of benzene rings is 1. The molecule has 0 saturated heterocycles. The van der Waals surface area contributed by atoms with Crippen molar-refractivity contribution in [1.82, 2.24) is 10.6 Å². The number of hydrogen-bond donors (Lipinski definition) is 2. The fourth-order valence-corrected chi connectivity index (χ4v) is 2.18. The largest absolute Gasteiger partial charge is 0.380 e. The van der Waals surface area contributed by atoms with Gasteiger partial charge in [0.1, 0.15) is 0 Å². The van der Waals surface area contributed by atoms with Gasteiger partial charge in [0.2, 0.25) is 0 Å². The number of nitrogens with one attached hydrogen (secondary N) is 2. The Bertz CT molecular complexity index is 421. The number of nitrogens with zero attached hydrogens (tertiary/aromatic N) is 1. The van der Waals surface area contributed by atoms with Gasteiger partial charge in [-0.15, -0.1) is 24.0 Å². The Hall–Kier alpha value is -0.820. The summed E-state index contributed by atoms with van der Waals surface area (Å²) in [6.07, 6.45) is 5.06. The van der Waals surface area contributed by atoms with Crippen LogP contribution in [0.25, 0.3) is 0 Å². The lowest BCUT2D eigenvalue weighted by molar-refractivity contribution is 0.185. The van der Waals surface area contributed by atoms with Crippen molar-refractivity contribution in [3.63, 3.8) is 0 Å². The molecular formula is C18H32IN3O. The quantitative estimate of drug-likeness (QED) is 0.253. The summed E-state index contributed by atoms with van der Waals surface area (Å²) >= 11 is 0. The number of rotatable bonds is 10. The van der Waals surface area contributed by atoms with Crippen LogP contribution < -0.4 is 10.6 Å². The molecule has 5 heteroatoms. The summed E-state index contributed by atoms with van der Waals surface area (Å²) in [5, 5.41) is 6.69. The van der Waals surface area contributed by atoms with E-state index in [1.54, 1.807) is 7.11 Å². The first kappa shape index (κ1) is 22.2. The van der Waals surface area contributed by atoms with E-state index in [2.05, 4.69) is 53.7 Å². The van der Waals surface area contributed by atoms with Gasteiger partial charge in [-0.2, -0.15) is 0 Å². The molecule has 23 heavy (non-hydrogen) atoms. The topological polar surface area (TPSA) is 45.7 Å². The monoisotopic (exact) mass is 433 g/mol. The van der Waals surface area contributed by atoms with Crippen LogP contribution in [0.3, 0.4) is 0 Å². The predicted octanol–water partition coefficient (Wildman–Crippen LogP) is 4.09. The van der Waals surface area contributed by atoms with E-state index in [4.69, 9.17) is 4.74 Å². The van der Waals surface area contributed by atoms with E-state index < -0.39 is 0 Å². The Balaban J connectivity index is 0.00000484. The van der Waals surface area contributed by atoms with E-state index in [9.17, 15) is 0 Å². The summed E-state index contributed by atoms with van der Waals surface area (Å²) in [6, 6.07) is 8.42. The first-order chi connectivity index (χ1) is 10.8. The van der Waals surface area contributed by atoms with Crippen LogP contribution in [0.1, 0.15) is 50.7 Å². The molecule has 0 fully saturated rings. The van der Waals surface area contributed by atoms with E-state index in [1.807, 2.05) is 0 Å². The summed E-state index contributed by atoms with van der Waals surface area (Å²) in [6.45, 7) is 7.54. The normalized spacial score (nSPS) is 11.0. The standard InChI is InChI=1S/C18H31N3O.HI/c1-4-6-7-8-13-20-18(19-5-2)21-14-16-9-11-17(12-10-16)15-22-3;/h9-12H,4-8,13-15H2,1-3H3,(H2,19,20,21);1H. The summed E-state index contributed by atoms with van der Waals surface area (Å²) < 4.78 is 5.12. The highest BCUT2D eigenvalue weighted by molar-refractivity contribution is 14.0. The smallest absolute Gasteiger partial charge is 0.191 e. The molecule has 0 aliphatic heterocycles. The number of ether oxygens (including phenoxy) is 1. The van der Waals surface area contributed by atoms with Gasteiger partial charge in [-0.05, 0) is 24.5 Å². The van der Waals surface area contributed by atoms with Gasteiger partial charge in [-0.3, -0.25) is 0 Å². The van der Waals surface area contributed by atoms with E-state index in [0.29, 0.717) is 13.2 Å². The fourth-order valence-electron chi connectivity index (χ4n) is 2.18. The van der Waals surface area contributed by atoms with Crippen molar-refractivity contribution >= 4 is 29.9 Å². The summed E-state index contributed by atoms with van der Waals surface area (Å²) in [5.74, 6) is 0.903. The molecule has 0 saturated carbocycles. The van der Waals surface area contributed by atoms with Crippen molar-refractivity contribution < 1.29 is 4.74 Å². The molecule has 132 valence electrons. The molecule has 0 radical (unpaired) electrons. The molecule has 1 aromatic rings. The molecule has 0 aliphatic carbocycles. The van der Waals surface area contributed by atoms with Gasteiger partial charge < -0.3 is 15.4 Å². The molecular weight excluding hydrogens is 401 g/mol. The summed E-state index contributed by atoms with van der Waals surface area (Å²) in [7, 11) is 1.72. The Kier molecular flexibility index (Phi) is 14.2. The molecule has 0 amide bonds. The van der Waals surface area contributed by atoms with Crippen molar-refractivity contribution in [2.24, 2.45) is 4.99 Å². The first-order valence-electron chi connectivity index (χ1n) is 8.39. The molecule has 2 N–H and O–H groups in total. The third-order valence-electron chi connectivity index (χ3n) is 3.42. The van der Waals surface area contributed by atoms with Gasteiger partial charge in [0.05, 0.1) is 13.2 Å². The molecule has 1 aromatic carbocycles. The van der Waals surface area contributed by atoms with Crippen LogP contribution in [-0.2, 0) is 17.9 Å². The highest BCUT2D eigenvalue weighted by Crippen LogP contribution is 2.06. The van der Waals surface area contributed by atoms with Gasteiger partial charge in [0.15, 0.2) is 5.96 Å². The average molecular weight is 433 g/mol. The van der Waals surface area contributed by atoms with Crippen LogP contribution in [0.15, 0.2) is 29.3 Å². The lowest BCUT2D eigenvalue weighted by Crippen LogP contribution is -2.37. The van der Waals surface area contributed by atoms with Crippen molar-refractivity contribution in [3.8, 4) is 0 Å². The zero-order valence-electron chi connectivity index (χ0n) is 14.7. The van der Waals surface area contributed by atoms with Gasteiger partial charge in [-0.1, -0.05) is 50.5 Å². The summed E-state index contributed by atoms with van der Waals surface area (Å²) in [4.78, 5) is 4.64. The average Bonchev–Trinajstić information content (AvgIpc) is 2.54. The van der Waals surface area contributed by atoms with Crippen LogP contribution in [0.4, 0.5) is 0 Å². The lowest BCUT2D eigenvalue weighted by atomic mass is 10.1. The summed E-state index contributed by atoms with van der Waals surface area (Å²) in [5.41, 5.74) is 2.40. The van der Waals surface area contributed by atoms with Crippen molar-refractivity contribution in [2.75, 3.05) is 20.2 Å². The lowest BCUT2D eigenvalue weighted by Gasteiger charge is -2.11. The van der Waals surface area contributed by atoms with E-state index >= 15 is 0 Å². The van der Waals surface area contributed by atoms with Gasteiger partial charge in [-0.25, -0.2) is 4.99 Å². The number of halogens is 1. The Morgan fingerprint density at radius 2 is 1.70 bits per heavy atom. The van der Waals surface area contributed by atoms with E-state index in [-0.39, 0.29) is 24.0 Å². The van der Waals surface area contributed by atoms with Gasteiger partial charge in [0.25, 0.3) is 0 Å². The number of unbranched alkanes of at least 4 members (excludes halogenated alkanes) is 3. The van der Waals surface area contributed by atoms with Crippen molar-refractivity contribution in [2.45, 2.75) is 52.7 Å². The van der Waals surface area contributed by atoms with Gasteiger partial charge >= 0.3 is 0 Å². The fraction of sp³-hybridized carbons (Fsp3) is 0.611. The second-order valence-electron chi connectivity index (χ2n) is 5.43. The number of guanidine groups is 1. The van der Waals surface area contributed by atoms with Crippen LogP contribution >= 0.6 is 24.0 Å². The number of aliphatic imine (C=N–C) groups is 1. The van der Waals surface area contributed by atoms with Crippen LogP contribution in [0.5, 0.6) is 0 Å². The zero-order chi connectivity index (χ0) is 16.0. The minimum Gasteiger partial charge on any atom is -0.380 e. The molecule has 0 bridgehead atoms. The maximum absolute atomic E-state index is 5.12. The Labute approximate surface area is 158 Å². The highest BCUT2D eigenvalue weighted by Gasteiger charge is 1.98. The highest BCUT2D eigenvalue weighted by atomic mass is 127. The van der Waals surface area contributed by atoms with E-state index in [1.165, 1.54) is 36.8 Å². The SMILES string of the molecule is CCCCCCNC(=NCc1ccc(COC)cc1)NCC.I. The van der Waals surface area contributed by atoms with Crippen molar-refractivity contribution in [1.29, 1.82) is 0 Å². The molecule has 0 aliphatic rings. The van der Waals surface area contributed by atoms with Crippen molar-refractivity contribution in [3.05, 3.63) is 35.4 Å². The predicted molar refractivity (Wildman–Crippen MR) is 110 cm³/mol. The van der Waals surface area contributed by atoms with Crippen LogP contribution in [-0.4, -0.2) is 26.2 Å². The maximum atomic E-state index is 5.12. The van der Waals surface area contributed by atoms with Gasteiger partial charge in [0, 0.05) is 20.2 Å². The molecule has 0 atom stereocenters. The Morgan fingerprint density at radius 3 is 2.30 bits per heavy atom. The molecule has 0 spiro atoms. The minimum atomic E-state index is 0. The second-order valence-corrected chi connectivity index (χ2v) is 5.43. The number of hydrogen-bond acceptors (Lipinski definition) is 2. The maximum Gasteiger partial charge on any atom is 0.191 e.